The number of alkyl halides is 10. The molecule has 1 aliphatic heterocycles. The number of hydrogen-bond acceptors (Lipinski definition) is 3. The predicted molar refractivity (Wildman–Crippen MR) is 185 cm³/mol. The van der Waals surface area contributed by atoms with Gasteiger partial charge in [-0.15, -0.1) is 0 Å². The fourth-order valence-electron chi connectivity index (χ4n) is 5.40. The molecule has 0 N–H and O–H groups in total. The first kappa shape index (κ1) is 38.3. The van der Waals surface area contributed by atoms with E-state index in [1.165, 1.54) is 30.3 Å². The molecule has 0 unspecified atom stereocenters. The van der Waals surface area contributed by atoms with Gasteiger partial charge in [0, 0.05) is 22.4 Å². The van der Waals surface area contributed by atoms with Crippen molar-refractivity contribution in [3.63, 3.8) is 0 Å². The number of halogens is 10. The molecule has 0 atom stereocenters. The summed E-state index contributed by atoms with van der Waals surface area (Å²) in [6.45, 7) is -5.01. The summed E-state index contributed by atoms with van der Waals surface area (Å²) in [7, 11) is -2.75. The molecule has 2 heterocycles. The highest BCUT2D eigenvalue weighted by Crippen LogP contribution is 2.42. The predicted octanol–water partition coefficient (Wildman–Crippen LogP) is 10.7. The first-order valence-corrected chi connectivity index (χ1v) is 16.0. The highest BCUT2D eigenvalue weighted by Gasteiger charge is 2.60. The molecule has 54 heavy (non-hydrogen) atoms. The molecule has 0 fully saturated rings. The number of allylic oxidation sites excluding steroid dienone is 1. The van der Waals surface area contributed by atoms with Crippen LogP contribution in [-0.2, 0) is 9.31 Å². The van der Waals surface area contributed by atoms with Crippen LogP contribution in [0.5, 0.6) is 0 Å². The van der Waals surface area contributed by atoms with Crippen LogP contribution in [0.25, 0.3) is 28.0 Å². The first-order valence-electron chi connectivity index (χ1n) is 16.0. The number of rotatable bonds is 12. The third-order valence-electron chi connectivity index (χ3n) is 8.13. The number of aromatic nitrogens is 1. The molecule has 6 rings (SSSR count). The van der Waals surface area contributed by atoms with Crippen LogP contribution >= 0.6 is 0 Å². The van der Waals surface area contributed by atoms with Crippen molar-refractivity contribution in [3.05, 3.63) is 145 Å². The van der Waals surface area contributed by atoms with Gasteiger partial charge in [-0.2, -0.15) is 43.9 Å². The van der Waals surface area contributed by atoms with E-state index in [0.29, 0.717) is 28.0 Å². The summed E-state index contributed by atoms with van der Waals surface area (Å²) in [5.74, 6) is -11.5. The molecule has 0 amide bonds. The summed E-state index contributed by atoms with van der Waals surface area (Å²) in [6, 6.07) is 34.7. The average molecular weight is 757 g/mol. The van der Waals surface area contributed by atoms with Crippen LogP contribution in [0.1, 0.15) is 11.1 Å². The Morgan fingerprint density at radius 3 is 1.44 bits per heavy atom. The number of hydrogen-bond donors (Lipinski definition) is 0. The average Bonchev–Trinajstić information content (AvgIpc) is 3.74. The Labute approximate surface area is 302 Å². The number of benzene rings is 4. The molecule has 0 saturated heterocycles. The fourth-order valence-corrected chi connectivity index (χ4v) is 5.40. The summed E-state index contributed by atoms with van der Waals surface area (Å²) in [5, 5.41) is 0. The topological polar surface area (TPSA) is 48.1 Å². The van der Waals surface area contributed by atoms with Gasteiger partial charge in [0.1, 0.15) is 19.0 Å². The molecule has 1 aromatic heterocycles. The molecule has 0 bridgehead atoms. The van der Waals surface area contributed by atoms with Crippen LogP contribution in [0.4, 0.5) is 49.7 Å². The van der Waals surface area contributed by atoms with Gasteiger partial charge in [-0.1, -0.05) is 121 Å². The normalized spacial score (nSPS) is 14.7. The van der Waals surface area contributed by atoms with E-state index in [1.54, 1.807) is 103 Å². The monoisotopic (exact) mass is 757 g/mol. The lowest BCUT2D eigenvalue weighted by molar-refractivity contribution is -0.295. The summed E-state index contributed by atoms with van der Waals surface area (Å²) in [6.07, 6.45) is -10.6. The number of amidine groups is 1. The quantitative estimate of drug-likeness (QED) is 0.0940. The molecule has 0 spiro atoms. The van der Waals surface area contributed by atoms with Gasteiger partial charge in [0.15, 0.2) is 5.84 Å². The first-order chi connectivity index (χ1) is 25.6. The summed E-state index contributed by atoms with van der Waals surface area (Å²) >= 11 is 0. The van der Waals surface area contributed by atoms with E-state index >= 15 is 0 Å². The second kappa shape index (κ2) is 15.1. The molecule has 278 valence electrons. The standard InChI is InChI=1S/C38H26BF10N3O2/c40-35(41,37(44,45)46)23-53-39(54-24-36(42,43)38(47,48)49)52-32(28-19-11-4-12-20-28)22-30(26-15-7-2-8-16-26)34(52)51-33-29(25-13-5-1-6-14-25)21-31(50-33)27-17-9-3-10-18-27/h1-22H,23-24H2/b51-33-. The maximum atomic E-state index is 14.3. The van der Waals surface area contributed by atoms with Gasteiger partial charge in [-0.05, 0) is 28.8 Å². The van der Waals surface area contributed by atoms with Gasteiger partial charge >= 0.3 is 31.5 Å². The van der Waals surface area contributed by atoms with Crippen LogP contribution in [-0.4, -0.2) is 60.7 Å². The molecular weight excluding hydrogens is 731 g/mol. The van der Waals surface area contributed by atoms with Crippen molar-refractivity contribution in [2.75, 3.05) is 13.2 Å². The van der Waals surface area contributed by atoms with Gasteiger partial charge in [-0.3, -0.25) is 0 Å². The van der Waals surface area contributed by atoms with Crippen molar-refractivity contribution in [2.24, 2.45) is 9.98 Å². The van der Waals surface area contributed by atoms with Crippen LogP contribution in [0.2, 0.25) is 0 Å². The van der Waals surface area contributed by atoms with E-state index < -0.39 is 44.7 Å². The van der Waals surface area contributed by atoms with Gasteiger partial charge < -0.3 is 13.8 Å². The lowest BCUT2D eigenvalue weighted by Gasteiger charge is -2.26. The zero-order valence-corrected chi connectivity index (χ0v) is 27.6. The van der Waals surface area contributed by atoms with Crippen molar-refractivity contribution in [1.82, 2.24) is 4.48 Å². The summed E-state index contributed by atoms with van der Waals surface area (Å²) < 4.78 is 148. The van der Waals surface area contributed by atoms with Crippen molar-refractivity contribution in [3.8, 4) is 22.4 Å². The molecule has 0 radical (unpaired) electrons. The van der Waals surface area contributed by atoms with Crippen LogP contribution in [0.15, 0.2) is 143 Å². The third kappa shape index (κ3) is 8.19. The highest BCUT2D eigenvalue weighted by atomic mass is 19.4. The van der Waals surface area contributed by atoms with E-state index in [2.05, 4.69) is 0 Å². The summed E-state index contributed by atoms with van der Waals surface area (Å²) in [4.78, 5) is 9.47. The van der Waals surface area contributed by atoms with Crippen molar-refractivity contribution in [1.29, 1.82) is 0 Å². The maximum Gasteiger partial charge on any atom is 0.599 e. The largest absolute Gasteiger partial charge is 0.599 e. The van der Waals surface area contributed by atoms with Gasteiger partial charge in [-0.25, -0.2) is 9.98 Å². The van der Waals surface area contributed by atoms with E-state index in [-0.39, 0.29) is 28.5 Å². The molecule has 0 aliphatic carbocycles. The number of aliphatic imine (C=N–C) groups is 2. The minimum absolute atomic E-state index is 0.0174. The van der Waals surface area contributed by atoms with Gasteiger partial charge in [0.25, 0.3) is 0 Å². The molecule has 5 nitrogen and oxygen atoms in total. The number of nitrogens with zero attached hydrogens (tertiary/aromatic N) is 3. The lowest BCUT2D eigenvalue weighted by Crippen LogP contribution is -2.47. The smallest absolute Gasteiger partial charge is 0.385 e. The Morgan fingerprint density at radius 1 is 0.556 bits per heavy atom. The van der Waals surface area contributed by atoms with Crippen molar-refractivity contribution in [2.45, 2.75) is 24.2 Å². The van der Waals surface area contributed by atoms with E-state index in [9.17, 15) is 43.9 Å². The van der Waals surface area contributed by atoms with E-state index in [0.717, 1.165) is 4.48 Å². The minimum atomic E-state index is -6.17. The Balaban J connectivity index is 1.63. The minimum Gasteiger partial charge on any atom is -0.385 e. The van der Waals surface area contributed by atoms with Crippen LogP contribution in [0, 0.1) is 0 Å². The van der Waals surface area contributed by atoms with Crippen molar-refractivity contribution >= 4 is 30.2 Å². The molecule has 4 aromatic carbocycles. The molecule has 0 saturated carbocycles. The summed E-state index contributed by atoms with van der Waals surface area (Å²) in [5.41, 5.74) is 2.79. The third-order valence-corrected chi connectivity index (χ3v) is 8.13. The Hall–Kier alpha value is -5.48. The fraction of sp³-hybridized carbons (Fsp3) is 0.158. The van der Waals surface area contributed by atoms with E-state index in [1.807, 2.05) is 0 Å². The molecule has 1 aliphatic rings. The van der Waals surface area contributed by atoms with Gasteiger partial charge in [0.2, 0.25) is 0 Å². The zero-order chi connectivity index (χ0) is 38.7. The maximum absolute atomic E-state index is 14.3. The van der Waals surface area contributed by atoms with Crippen LogP contribution in [0.3, 0.4) is 0 Å². The Bertz CT molecular complexity index is 2120. The Morgan fingerprint density at radius 2 is 0.981 bits per heavy atom. The van der Waals surface area contributed by atoms with E-state index in [4.69, 9.17) is 19.3 Å². The Kier molecular flexibility index (Phi) is 10.7. The van der Waals surface area contributed by atoms with Crippen molar-refractivity contribution < 1.29 is 53.2 Å². The molecule has 5 aromatic rings. The lowest BCUT2D eigenvalue weighted by atomic mass is 10.0. The molecule has 16 heteroatoms. The molecular formula is C38H26BF10N3O2. The SMILES string of the molecule is FC(F)(F)C(F)(F)COB(OCC(F)(F)C(F)(F)F)n1c(-c2ccccc2)cc(-c2ccccc2)c1/N=C1\N=C(c2ccccc2)C=C1c1ccccc1. The highest BCUT2D eigenvalue weighted by molar-refractivity contribution is 6.45. The zero-order valence-electron chi connectivity index (χ0n) is 27.6. The van der Waals surface area contributed by atoms with Crippen LogP contribution < -0.4 is 0 Å². The second-order valence-electron chi connectivity index (χ2n) is 11.9. The second-order valence-corrected chi connectivity index (χ2v) is 11.9. The van der Waals surface area contributed by atoms with Gasteiger partial charge in [0.05, 0.1) is 5.71 Å².